The first-order valence-corrected chi connectivity index (χ1v) is 5.80. The van der Waals surface area contributed by atoms with Crippen LogP contribution >= 0.6 is 0 Å². The zero-order valence-corrected chi connectivity index (χ0v) is 10.0. The van der Waals surface area contributed by atoms with Crippen molar-refractivity contribution in [1.82, 2.24) is 0 Å². The summed E-state index contributed by atoms with van der Waals surface area (Å²) >= 11 is 0. The van der Waals surface area contributed by atoms with Gasteiger partial charge < -0.3 is 45.6 Å². The first-order valence-electron chi connectivity index (χ1n) is 5.80. The average molecular weight is 284 g/mol. The van der Waals surface area contributed by atoms with E-state index in [-0.39, 0.29) is 6.61 Å². The molecule has 0 spiro atoms. The van der Waals surface area contributed by atoms with Gasteiger partial charge in [0.05, 0.1) is 13.2 Å². The summed E-state index contributed by atoms with van der Waals surface area (Å²) in [4.78, 5) is 0. The van der Waals surface area contributed by atoms with Crippen molar-refractivity contribution in [3.63, 3.8) is 0 Å². The molecule has 1 aliphatic rings. The van der Waals surface area contributed by atoms with Crippen LogP contribution in [0.15, 0.2) is 0 Å². The topological polar surface area (TPSA) is 171 Å². The molecule has 0 amide bonds. The fourth-order valence-corrected chi connectivity index (χ4v) is 1.86. The first-order chi connectivity index (χ1) is 8.81. The fraction of sp³-hybridized carbons (Fsp3) is 1.00. The third-order valence-electron chi connectivity index (χ3n) is 3.16. The van der Waals surface area contributed by atoms with Crippen molar-refractivity contribution >= 4 is 0 Å². The van der Waals surface area contributed by atoms with E-state index < -0.39 is 55.4 Å². The molecule has 1 fully saturated rings. The molecule has 0 aliphatic carbocycles. The Morgan fingerprint density at radius 1 is 0.947 bits per heavy atom. The second-order valence-corrected chi connectivity index (χ2v) is 4.57. The number of aliphatic hydroxyl groups is 8. The van der Waals surface area contributed by atoms with Crippen LogP contribution in [-0.4, -0.2) is 103 Å². The highest BCUT2D eigenvalue weighted by Gasteiger charge is 2.45. The highest BCUT2D eigenvalue weighted by atomic mass is 16.5. The molecule has 1 aliphatic heterocycles. The Labute approximate surface area is 108 Å². The van der Waals surface area contributed by atoms with E-state index in [9.17, 15) is 30.6 Å². The van der Waals surface area contributed by atoms with Gasteiger partial charge in [-0.1, -0.05) is 0 Å². The Morgan fingerprint density at radius 3 is 2.05 bits per heavy atom. The SMILES string of the molecule is OC[C@@H](O)[C@H](O)[C@@H](O)C(O)C1OC[C@@H](O)[C@H](O)[C@H]1O. The molecule has 2 unspecified atom stereocenters. The monoisotopic (exact) mass is 284 g/mol. The van der Waals surface area contributed by atoms with E-state index in [0.29, 0.717) is 0 Å². The highest BCUT2D eigenvalue weighted by molar-refractivity contribution is 4.94. The second-order valence-electron chi connectivity index (χ2n) is 4.57. The summed E-state index contributed by atoms with van der Waals surface area (Å²) < 4.78 is 4.89. The van der Waals surface area contributed by atoms with Gasteiger partial charge in [-0.05, 0) is 0 Å². The smallest absolute Gasteiger partial charge is 0.115 e. The Bertz CT molecular complexity index is 276. The molecule has 1 heterocycles. The predicted molar refractivity (Wildman–Crippen MR) is 58.9 cm³/mol. The van der Waals surface area contributed by atoms with Gasteiger partial charge in [0.15, 0.2) is 0 Å². The lowest BCUT2D eigenvalue weighted by atomic mass is 9.91. The van der Waals surface area contributed by atoms with Gasteiger partial charge in [0, 0.05) is 0 Å². The van der Waals surface area contributed by atoms with Crippen LogP contribution < -0.4 is 0 Å². The van der Waals surface area contributed by atoms with Crippen LogP contribution in [0.3, 0.4) is 0 Å². The normalized spacial score (nSPS) is 38.5. The van der Waals surface area contributed by atoms with Gasteiger partial charge in [0.1, 0.15) is 48.8 Å². The van der Waals surface area contributed by atoms with Crippen molar-refractivity contribution in [2.45, 2.75) is 48.8 Å². The lowest BCUT2D eigenvalue weighted by Crippen LogP contribution is -2.61. The second kappa shape index (κ2) is 6.88. The van der Waals surface area contributed by atoms with Gasteiger partial charge in [0.2, 0.25) is 0 Å². The predicted octanol–water partition coefficient (Wildman–Crippen LogP) is -5.10. The lowest BCUT2D eigenvalue weighted by Gasteiger charge is -2.39. The van der Waals surface area contributed by atoms with Gasteiger partial charge in [-0.15, -0.1) is 0 Å². The third-order valence-corrected chi connectivity index (χ3v) is 3.16. The maximum atomic E-state index is 9.75. The number of ether oxygens (including phenoxy) is 1. The van der Waals surface area contributed by atoms with Gasteiger partial charge in [-0.25, -0.2) is 0 Å². The number of hydrogen-bond acceptors (Lipinski definition) is 9. The van der Waals surface area contributed by atoms with Crippen LogP contribution in [-0.2, 0) is 4.74 Å². The summed E-state index contributed by atoms with van der Waals surface area (Å²) in [5.74, 6) is 0. The quantitative estimate of drug-likeness (QED) is 0.246. The molecular weight excluding hydrogens is 264 g/mol. The number of rotatable bonds is 5. The summed E-state index contributed by atoms with van der Waals surface area (Å²) in [5, 5.41) is 74.8. The Hall–Kier alpha value is -0.360. The minimum absolute atomic E-state index is 0.370. The van der Waals surface area contributed by atoms with Crippen LogP contribution in [0.2, 0.25) is 0 Å². The van der Waals surface area contributed by atoms with E-state index in [4.69, 9.17) is 14.9 Å². The molecule has 9 nitrogen and oxygen atoms in total. The zero-order chi connectivity index (χ0) is 14.7. The maximum absolute atomic E-state index is 9.75. The Morgan fingerprint density at radius 2 is 1.53 bits per heavy atom. The van der Waals surface area contributed by atoms with Crippen molar-refractivity contribution in [3.05, 3.63) is 0 Å². The fourth-order valence-electron chi connectivity index (χ4n) is 1.86. The van der Waals surface area contributed by atoms with Crippen molar-refractivity contribution in [3.8, 4) is 0 Å². The van der Waals surface area contributed by atoms with Crippen LogP contribution in [0.4, 0.5) is 0 Å². The molecule has 0 aromatic heterocycles. The Kier molecular flexibility index (Phi) is 6.05. The maximum Gasteiger partial charge on any atom is 0.115 e. The number of hydrogen-bond donors (Lipinski definition) is 8. The van der Waals surface area contributed by atoms with Crippen molar-refractivity contribution < 1.29 is 45.6 Å². The molecule has 19 heavy (non-hydrogen) atoms. The van der Waals surface area contributed by atoms with E-state index in [2.05, 4.69) is 0 Å². The lowest BCUT2D eigenvalue weighted by molar-refractivity contribution is -0.232. The van der Waals surface area contributed by atoms with Crippen molar-refractivity contribution in [2.24, 2.45) is 0 Å². The molecule has 1 saturated heterocycles. The molecule has 114 valence electrons. The molecule has 0 saturated carbocycles. The van der Waals surface area contributed by atoms with E-state index in [1.807, 2.05) is 0 Å². The van der Waals surface area contributed by atoms with Crippen LogP contribution in [0.1, 0.15) is 0 Å². The van der Waals surface area contributed by atoms with Gasteiger partial charge in [-0.3, -0.25) is 0 Å². The first kappa shape index (κ1) is 16.7. The average Bonchev–Trinajstić information content (AvgIpc) is 2.41. The largest absolute Gasteiger partial charge is 0.394 e. The number of aliphatic hydroxyl groups excluding tert-OH is 8. The summed E-state index contributed by atoms with van der Waals surface area (Å²) in [5.41, 5.74) is 0. The Balaban J connectivity index is 2.68. The van der Waals surface area contributed by atoms with E-state index in [1.54, 1.807) is 0 Å². The van der Waals surface area contributed by atoms with Crippen molar-refractivity contribution in [1.29, 1.82) is 0 Å². The molecule has 8 atom stereocenters. The molecule has 0 aromatic rings. The van der Waals surface area contributed by atoms with Crippen LogP contribution in [0.25, 0.3) is 0 Å². The highest BCUT2D eigenvalue weighted by Crippen LogP contribution is 2.21. The summed E-state index contributed by atoms with van der Waals surface area (Å²) in [6, 6.07) is 0. The molecule has 1 rings (SSSR count). The van der Waals surface area contributed by atoms with E-state index in [1.165, 1.54) is 0 Å². The molecule has 9 heteroatoms. The van der Waals surface area contributed by atoms with Crippen LogP contribution in [0, 0.1) is 0 Å². The van der Waals surface area contributed by atoms with Crippen LogP contribution in [0.5, 0.6) is 0 Å². The molecule has 0 radical (unpaired) electrons. The summed E-state index contributed by atoms with van der Waals surface area (Å²) in [6.45, 7) is -1.20. The third kappa shape index (κ3) is 3.60. The standard InChI is InChI=1S/C10H20O9/c11-1-3(12)5(14)7(16)9(18)10-8(17)6(15)4(13)2-19-10/h3-18H,1-2H2/t3-,4-,5+,6+,7-,8-,9?,10?/m1/s1. The van der Waals surface area contributed by atoms with Gasteiger partial charge in [-0.2, -0.15) is 0 Å². The van der Waals surface area contributed by atoms with E-state index >= 15 is 0 Å². The molecule has 8 N–H and O–H groups in total. The van der Waals surface area contributed by atoms with Gasteiger partial charge >= 0.3 is 0 Å². The van der Waals surface area contributed by atoms with Gasteiger partial charge in [0.25, 0.3) is 0 Å². The minimum Gasteiger partial charge on any atom is -0.394 e. The molecular formula is C10H20O9. The summed E-state index contributed by atoms with van der Waals surface area (Å²) in [7, 11) is 0. The summed E-state index contributed by atoms with van der Waals surface area (Å²) in [6.07, 6.45) is -13.3. The zero-order valence-electron chi connectivity index (χ0n) is 10.0. The minimum atomic E-state index is -1.91. The molecule has 0 bridgehead atoms. The van der Waals surface area contributed by atoms with Crippen molar-refractivity contribution in [2.75, 3.05) is 13.2 Å². The molecule has 0 aromatic carbocycles. The van der Waals surface area contributed by atoms with E-state index in [0.717, 1.165) is 0 Å².